The molecule has 0 spiro atoms. The van der Waals surface area contributed by atoms with Gasteiger partial charge in [-0.1, -0.05) is 0 Å². The molecule has 9 heteroatoms. The molecule has 114 valence electrons. The van der Waals surface area contributed by atoms with Gasteiger partial charge in [-0.3, -0.25) is 9.59 Å². The molecule has 0 radical (unpaired) electrons. The third kappa shape index (κ3) is 3.14. The van der Waals surface area contributed by atoms with Gasteiger partial charge in [0.2, 0.25) is 18.6 Å². The van der Waals surface area contributed by atoms with Crippen LogP contribution in [0.1, 0.15) is 6.92 Å². The van der Waals surface area contributed by atoms with Gasteiger partial charge in [0.15, 0.2) is 17.3 Å². The lowest BCUT2D eigenvalue weighted by atomic mass is 10.3. The van der Waals surface area contributed by atoms with Crippen molar-refractivity contribution in [2.45, 2.75) is 13.5 Å². The average Bonchev–Trinajstić information content (AvgIpc) is 3.06. The molecule has 0 aliphatic carbocycles. The van der Waals surface area contributed by atoms with Crippen LogP contribution in [0.4, 0.5) is 11.5 Å². The van der Waals surface area contributed by atoms with E-state index in [1.54, 1.807) is 18.2 Å². The van der Waals surface area contributed by atoms with Crippen molar-refractivity contribution in [3.8, 4) is 11.5 Å². The molecule has 2 aromatic rings. The summed E-state index contributed by atoms with van der Waals surface area (Å²) in [6.45, 7) is 1.47. The van der Waals surface area contributed by atoms with Gasteiger partial charge in [0.25, 0.3) is 0 Å². The maximum atomic E-state index is 11.9. The van der Waals surface area contributed by atoms with Crippen molar-refractivity contribution >= 4 is 23.3 Å². The molecule has 2 amide bonds. The summed E-state index contributed by atoms with van der Waals surface area (Å²) in [5.41, 5.74) is 0.587. The van der Waals surface area contributed by atoms with Gasteiger partial charge in [0.05, 0.1) is 6.20 Å². The van der Waals surface area contributed by atoms with Crippen LogP contribution in [0.3, 0.4) is 0 Å². The zero-order valence-corrected chi connectivity index (χ0v) is 11.7. The standard InChI is InChI=1S/C13H13N5O4/c1-8(19)15-12-5-14-18(17-12)6-13(20)16-9-2-3-10-11(4-9)22-7-21-10/h2-5H,6-7H2,1H3,(H,16,20)(H,15,17,19). The van der Waals surface area contributed by atoms with E-state index in [9.17, 15) is 9.59 Å². The molecule has 3 rings (SSSR count). The van der Waals surface area contributed by atoms with Crippen LogP contribution in [0, 0.1) is 0 Å². The molecular formula is C13H13N5O4. The van der Waals surface area contributed by atoms with E-state index in [1.165, 1.54) is 17.9 Å². The maximum Gasteiger partial charge on any atom is 0.247 e. The number of hydrogen-bond acceptors (Lipinski definition) is 6. The Morgan fingerprint density at radius 2 is 2.09 bits per heavy atom. The lowest BCUT2D eigenvalue weighted by Gasteiger charge is -2.05. The van der Waals surface area contributed by atoms with E-state index in [0.29, 0.717) is 23.0 Å². The number of aromatic nitrogens is 3. The van der Waals surface area contributed by atoms with Crippen molar-refractivity contribution in [3.05, 3.63) is 24.4 Å². The maximum absolute atomic E-state index is 11.9. The van der Waals surface area contributed by atoms with Crippen LogP contribution in [0.2, 0.25) is 0 Å². The van der Waals surface area contributed by atoms with Gasteiger partial charge in [0, 0.05) is 18.7 Å². The number of anilines is 2. The second-order valence-corrected chi connectivity index (χ2v) is 4.56. The van der Waals surface area contributed by atoms with E-state index in [1.807, 2.05) is 0 Å². The highest BCUT2D eigenvalue weighted by atomic mass is 16.7. The first kappa shape index (κ1) is 13.9. The Morgan fingerprint density at radius 3 is 2.91 bits per heavy atom. The van der Waals surface area contributed by atoms with Crippen molar-refractivity contribution in [3.63, 3.8) is 0 Å². The molecule has 0 bridgehead atoms. The molecular weight excluding hydrogens is 290 g/mol. The molecule has 2 heterocycles. The first-order valence-electron chi connectivity index (χ1n) is 6.47. The highest BCUT2D eigenvalue weighted by Gasteiger charge is 2.14. The molecule has 0 fully saturated rings. The first-order valence-corrected chi connectivity index (χ1v) is 6.47. The Morgan fingerprint density at radius 1 is 1.27 bits per heavy atom. The molecule has 0 atom stereocenters. The Kier molecular flexibility index (Phi) is 3.60. The van der Waals surface area contributed by atoms with E-state index in [-0.39, 0.29) is 25.2 Å². The number of nitrogens with zero attached hydrogens (tertiary/aromatic N) is 3. The monoisotopic (exact) mass is 303 g/mol. The van der Waals surface area contributed by atoms with Crippen molar-refractivity contribution in [2.24, 2.45) is 0 Å². The van der Waals surface area contributed by atoms with Crippen LogP contribution >= 0.6 is 0 Å². The van der Waals surface area contributed by atoms with Gasteiger partial charge in [-0.15, -0.1) is 5.10 Å². The van der Waals surface area contributed by atoms with E-state index >= 15 is 0 Å². The van der Waals surface area contributed by atoms with Gasteiger partial charge in [-0.05, 0) is 12.1 Å². The fraction of sp³-hybridized carbons (Fsp3) is 0.231. The average molecular weight is 303 g/mol. The Balaban J connectivity index is 1.60. The minimum Gasteiger partial charge on any atom is -0.454 e. The van der Waals surface area contributed by atoms with E-state index in [0.717, 1.165) is 0 Å². The summed E-state index contributed by atoms with van der Waals surface area (Å²) in [6.07, 6.45) is 1.37. The number of carbonyl (C=O) groups excluding carboxylic acids is 2. The fourth-order valence-electron chi connectivity index (χ4n) is 1.91. The number of benzene rings is 1. The minimum absolute atomic E-state index is 0.0754. The summed E-state index contributed by atoms with van der Waals surface area (Å²) in [4.78, 5) is 24.0. The third-order valence-electron chi connectivity index (χ3n) is 2.78. The van der Waals surface area contributed by atoms with Crippen LogP contribution in [-0.2, 0) is 16.1 Å². The number of rotatable bonds is 4. The largest absolute Gasteiger partial charge is 0.454 e. The Hall–Kier alpha value is -3.10. The molecule has 22 heavy (non-hydrogen) atoms. The summed E-state index contributed by atoms with van der Waals surface area (Å²) in [5, 5.41) is 13.0. The number of carbonyl (C=O) groups is 2. The number of amides is 2. The van der Waals surface area contributed by atoms with Gasteiger partial charge in [0.1, 0.15) is 6.54 Å². The molecule has 2 N–H and O–H groups in total. The van der Waals surface area contributed by atoms with Gasteiger partial charge in [-0.2, -0.15) is 9.90 Å². The van der Waals surface area contributed by atoms with Gasteiger partial charge < -0.3 is 20.1 Å². The molecule has 0 unspecified atom stereocenters. The van der Waals surface area contributed by atoms with E-state index in [4.69, 9.17) is 9.47 Å². The number of nitrogens with one attached hydrogen (secondary N) is 2. The molecule has 0 saturated carbocycles. The predicted octanol–water partition coefficient (Wildman–Crippen LogP) is 0.604. The summed E-state index contributed by atoms with van der Waals surface area (Å²) in [7, 11) is 0. The SMILES string of the molecule is CC(=O)Nc1cnn(CC(=O)Nc2ccc3c(c2)OCO3)n1. The summed E-state index contributed by atoms with van der Waals surface area (Å²) >= 11 is 0. The second-order valence-electron chi connectivity index (χ2n) is 4.56. The Labute approximate surface area is 125 Å². The fourth-order valence-corrected chi connectivity index (χ4v) is 1.91. The lowest BCUT2D eigenvalue weighted by Crippen LogP contribution is -2.20. The van der Waals surface area contributed by atoms with Gasteiger partial charge in [-0.25, -0.2) is 0 Å². The van der Waals surface area contributed by atoms with Crippen molar-refractivity contribution in [2.75, 3.05) is 17.4 Å². The predicted molar refractivity (Wildman–Crippen MR) is 75.5 cm³/mol. The molecule has 1 aliphatic heterocycles. The highest BCUT2D eigenvalue weighted by molar-refractivity contribution is 5.91. The van der Waals surface area contributed by atoms with Crippen LogP contribution in [0.25, 0.3) is 0 Å². The number of ether oxygens (including phenoxy) is 2. The summed E-state index contributed by atoms with van der Waals surface area (Å²) in [5.74, 6) is 0.971. The van der Waals surface area contributed by atoms with Crippen LogP contribution < -0.4 is 20.1 Å². The smallest absolute Gasteiger partial charge is 0.247 e. The zero-order chi connectivity index (χ0) is 15.5. The zero-order valence-electron chi connectivity index (χ0n) is 11.7. The number of hydrogen-bond donors (Lipinski definition) is 2. The van der Waals surface area contributed by atoms with Gasteiger partial charge >= 0.3 is 0 Å². The minimum atomic E-state index is -0.302. The first-order chi connectivity index (χ1) is 10.6. The molecule has 9 nitrogen and oxygen atoms in total. The topological polar surface area (TPSA) is 107 Å². The lowest BCUT2D eigenvalue weighted by molar-refractivity contribution is -0.117. The summed E-state index contributed by atoms with van der Waals surface area (Å²) < 4.78 is 10.4. The van der Waals surface area contributed by atoms with Crippen LogP contribution in [0.5, 0.6) is 11.5 Å². The molecule has 1 aromatic heterocycles. The van der Waals surface area contributed by atoms with Crippen LogP contribution in [0.15, 0.2) is 24.4 Å². The van der Waals surface area contributed by atoms with E-state index < -0.39 is 0 Å². The van der Waals surface area contributed by atoms with E-state index in [2.05, 4.69) is 20.8 Å². The highest BCUT2D eigenvalue weighted by Crippen LogP contribution is 2.34. The third-order valence-corrected chi connectivity index (χ3v) is 2.78. The second kappa shape index (κ2) is 5.72. The quantitative estimate of drug-likeness (QED) is 0.856. The van der Waals surface area contributed by atoms with Crippen molar-refractivity contribution in [1.29, 1.82) is 0 Å². The molecule has 1 aliphatic rings. The molecule has 1 aromatic carbocycles. The van der Waals surface area contributed by atoms with Crippen LogP contribution in [-0.4, -0.2) is 33.6 Å². The Bertz CT molecular complexity index is 727. The summed E-state index contributed by atoms with van der Waals surface area (Å²) in [6, 6.07) is 5.11. The normalized spacial score (nSPS) is 12.0. The van der Waals surface area contributed by atoms with Crippen molar-refractivity contribution < 1.29 is 19.1 Å². The van der Waals surface area contributed by atoms with Crippen molar-refractivity contribution in [1.82, 2.24) is 15.0 Å². The number of fused-ring (bicyclic) bond motifs is 1. The molecule has 0 saturated heterocycles.